The number of rotatable bonds is 4. The average Bonchev–Trinajstić information content (AvgIpc) is 2.26. The Balaban J connectivity index is 2.50. The molecule has 1 aliphatic rings. The Morgan fingerprint density at radius 3 is 2.40 bits per heavy atom. The number of hydrogen-bond acceptors (Lipinski definition) is 3. The summed E-state index contributed by atoms with van der Waals surface area (Å²) in [5.74, 6) is -1.03. The van der Waals surface area contributed by atoms with E-state index in [1.807, 2.05) is 0 Å². The van der Waals surface area contributed by atoms with Crippen LogP contribution in [0.5, 0.6) is 0 Å². The van der Waals surface area contributed by atoms with Crippen LogP contribution in [0.4, 0.5) is 0 Å². The fraction of sp³-hybridized carbons (Fsp3) is 0.800. The number of likely N-dealkylation sites (N-methyl/N-ethyl adjacent to an activating group) is 1. The summed E-state index contributed by atoms with van der Waals surface area (Å²) in [6, 6.07) is -0.583. The molecule has 0 aromatic heterocycles. The maximum absolute atomic E-state index is 11.9. The monoisotopic (exact) mass is 214 g/mol. The van der Waals surface area contributed by atoms with Crippen LogP contribution in [0, 0.1) is 0 Å². The number of carboxylic acids is 1. The molecule has 1 heterocycles. The van der Waals surface area contributed by atoms with E-state index >= 15 is 0 Å². The molecule has 0 bridgehead atoms. The van der Waals surface area contributed by atoms with Crippen LogP contribution in [0.2, 0.25) is 0 Å². The van der Waals surface area contributed by atoms with Gasteiger partial charge in [-0.05, 0) is 26.3 Å². The lowest BCUT2D eigenvalue weighted by molar-refractivity contribution is -0.143. The van der Waals surface area contributed by atoms with Gasteiger partial charge >= 0.3 is 5.97 Å². The number of hydrogen-bond donors (Lipinski definition) is 2. The van der Waals surface area contributed by atoms with Gasteiger partial charge < -0.3 is 15.3 Å². The highest BCUT2D eigenvalue weighted by molar-refractivity contribution is 5.86. The van der Waals surface area contributed by atoms with Crippen LogP contribution in [-0.4, -0.2) is 48.1 Å². The lowest BCUT2D eigenvalue weighted by atomic mass is 10.1. The molecule has 2 N–H and O–H groups in total. The molecule has 0 aromatic rings. The van der Waals surface area contributed by atoms with Crippen LogP contribution >= 0.6 is 0 Å². The summed E-state index contributed by atoms with van der Waals surface area (Å²) < 4.78 is 0. The number of carboxylic acid groups (broad SMARTS) is 1. The molecule has 1 atom stereocenters. The zero-order chi connectivity index (χ0) is 11.3. The minimum atomic E-state index is -0.945. The molecule has 5 nitrogen and oxygen atoms in total. The lowest BCUT2D eigenvalue weighted by Crippen LogP contribution is -2.48. The van der Waals surface area contributed by atoms with Gasteiger partial charge in [-0.3, -0.25) is 9.59 Å². The highest BCUT2D eigenvalue weighted by Crippen LogP contribution is 2.10. The Labute approximate surface area is 89.4 Å². The van der Waals surface area contributed by atoms with E-state index in [-0.39, 0.29) is 12.3 Å². The van der Waals surface area contributed by atoms with E-state index in [1.54, 1.807) is 11.9 Å². The Hall–Kier alpha value is -1.10. The average molecular weight is 214 g/mol. The highest BCUT2D eigenvalue weighted by atomic mass is 16.4. The summed E-state index contributed by atoms with van der Waals surface area (Å²) in [6.45, 7) is 1.52. The molecule has 1 aliphatic heterocycles. The van der Waals surface area contributed by atoms with Crippen molar-refractivity contribution in [3.8, 4) is 0 Å². The van der Waals surface area contributed by atoms with E-state index < -0.39 is 12.0 Å². The summed E-state index contributed by atoms with van der Waals surface area (Å²) in [7, 11) is 1.62. The van der Waals surface area contributed by atoms with Gasteiger partial charge in [-0.1, -0.05) is 0 Å². The number of nitrogens with zero attached hydrogens (tertiary/aromatic N) is 1. The van der Waals surface area contributed by atoms with E-state index in [2.05, 4.69) is 5.32 Å². The van der Waals surface area contributed by atoms with Crippen LogP contribution < -0.4 is 5.32 Å². The maximum Gasteiger partial charge on any atom is 0.305 e. The Kier molecular flexibility index (Phi) is 4.55. The van der Waals surface area contributed by atoms with Crippen molar-refractivity contribution in [3.05, 3.63) is 0 Å². The van der Waals surface area contributed by atoms with Gasteiger partial charge in [0.2, 0.25) is 5.91 Å². The molecule has 1 saturated heterocycles. The molecular formula is C10H18N2O3. The van der Waals surface area contributed by atoms with Crippen molar-refractivity contribution in [1.82, 2.24) is 10.2 Å². The quantitative estimate of drug-likeness (QED) is 0.694. The third kappa shape index (κ3) is 3.51. The Bertz CT molecular complexity index is 237. The van der Waals surface area contributed by atoms with Crippen molar-refractivity contribution < 1.29 is 14.7 Å². The van der Waals surface area contributed by atoms with Crippen LogP contribution in [-0.2, 0) is 9.59 Å². The molecule has 86 valence electrons. The molecule has 1 unspecified atom stereocenters. The molecule has 5 heteroatoms. The van der Waals surface area contributed by atoms with Crippen molar-refractivity contribution in [2.24, 2.45) is 0 Å². The van der Waals surface area contributed by atoms with Crippen molar-refractivity contribution in [1.29, 1.82) is 0 Å². The molecule has 0 radical (unpaired) electrons. The summed E-state index contributed by atoms with van der Waals surface area (Å²) >= 11 is 0. The molecule has 1 fully saturated rings. The predicted molar refractivity (Wildman–Crippen MR) is 55.5 cm³/mol. The number of carbonyl (C=O) groups is 2. The molecular weight excluding hydrogens is 196 g/mol. The van der Waals surface area contributed by atoms with Gasteiger partial charge in [0.15, 0.2) is 0 Å². The number of aliphatic carboxylic acids is 1. The largest absolute Gasteiger partial charge is 0.481 e. The second-order valence-electron chi connectivity index (χ2n) is 3.83. The topological polar surface area (TPSA) is 69.6 Å². The van der Waals surface area contributed by atoms with Gasteiger partial charge in [0.05, 0.1) is 12.5 Å². The molecule has 0 spiro atoms. The van der Waals surface area contributed by atoms with Crippen LogP contribution in [0.15, 0.2) is 0 Å². The minimum Gasteiger partial charge on any atom is -0.481 e. The van der Waals surface area contributed by atoms with E-state index in [9.17, 15) is 9.59 Å². The number of likely N-dealkylation sites (tertiary alicyclic amines) is 1. The first-order chi connectivity index (χ1) is 7.15. The minimum absolute atomic E-state index is 0.0837. The predicted octanol–water partition coefficient (Wildman–Crippen LogP) is 0.0616. The van der Waals surface area contributed by atoms with E-state index in [0.717, 1.165) is 32.4 Å². The van der Waals surface area contributed by atoms with E-state index in [4.69, 9.17) is 5.11 Å². The van der Waals surface area contributed by atoms with Crippen LogP contribution in [0.3, 0.4) is 0 Å². The standard InChI is InChI=1S/C10H18N2O3/c1-11-8(7-9(13)14)10(15)12-5-3-2-4-6-12/h8,11H,2-7H2,1H3,(H,13,14). The second-order valence-corrected chi connectivity index (χ2v) is 3.83. The van der Waals surface area contributed by atoms with E-state index in [0.29, 0.717) is 0 Å². The third-order valence-corrected chi connectivity index (χ3v) is 2.69. The molecule has 1 rings (SSSR count). The van der Waals surface area contributed by atoms with Crippen molar-refractivity contribution in [2.75, 3.05) is 20.1 Å². The molecule has 15 heavy (non-hydrogen) atoms. The van der Waals surface area contributed by atoms with Crippen LogP contribution in [0.1, 0.15) is 25.7 Å². The number of piperidine rings is 1. The summed E-state index contributed by atoms with van der Waals surface area (Å²) in [5, 5.41) is 11.4. The number of carbonyl (C=O) groups excluding carboxylic acids is 1. The lowest BCUT2D eigenvalue weighted by Gasteiger charge is -2.29. The number of amides is 1. The fourth-order valence-electron chi connectivity index (χ4n) is 1.82. The highest BCUT2D eigenvalue weighted by Gasteiger charge is 2.25. The van der Waals surface area contributed by atoms with Crippen LogP contribution in [0.25, 0.3) is 0 Å². The molecule has 0 saturated carbocycles. The zero-order valence-corrected chi connectivity index (χ0v) is 9.03. The van der Waals surface area contributed by atoms with Gasteiger partial charge in [0.25, 0.3) is 0 Å². The summed E-state index contributed by atoms with van der Waals surface area (Å²) in [5.41, 5.74) is 0. The van der Waals surface area contributed by atoms with E-state index in [1.165, 1.54) is 0 Å². The van der Waals surface area contributed by atoms with Crippen molar-refractivity contribution >= 4 is 11.9 Å². The molecule has 0 aliphatic carbocycles. The Morgan fingerprint density at radius 1 is 1.33 bits per heavy atom. The van der Waals surface area contributed by atoms with Gasteiger partial charge in [0, 0.05) is 13.1 Å². The normalized spacial score (nSPS) is 18.6. The summed E-state index contributed by atoms with van der Waals surface area (Å²) in [4.78, 5) is 24.2. The fourth-order valence-corrected chi connectivity index (χ4v) is 1.82. The number of nitrogens with one attached hydrogen (secondary N) is 1. The zero-order valence-electron chi connectivity index (χ0n) is 9.03. The van der Waals surface area contributed by atoms with Gasteiger partial charge in [-0.2, -0.15) is 0 Å². The summed E-state index contributed by atoms with van der Waals surface area (Å²) in [6.07, 6.45) is 3.06. The van der Waals surface area contributed by atoms with Gasteiger partial charge in [-0.25, -0.2) is 0 Å². The SMILES string of the molecule is CNC(CC(=O)O)C(=O)N1CCCCC1. The molecule has 1 amide bonds. The van der Waals surface area contributed by atoms with Crippen molar-refractivity contribution in [2.45, 2.75) is 31.7 Å². The maximum atomic E-state index is 11.9. The molecule has 0 aromatic carbocycles. The van der Waals surface area contributed by atoms with Crippen molar-refractivity contribution in [3.63, 3.8) is 0 Å². The third-order valence-electron chi connectivity index (χ3n) is 2.69. The second kappa shape index (κ2) is 5.70. The Morgan fingerprint density at radius 2 is 1.93 bits per heavy atom. The first kappa shape index (κ1) is 12.0. The smallest absolute Gasteiger partial charge is 0.305 e. The first-order valence-corrected chi connectivity index (χ1v) is 5.33. The first-order valence-electron chi connectivity index (χ1n) is 5.33. The van der Waals surface area contributed by atoms with Gasteiger partial charge in [0.1, 0.15) is 0 Å². The van der Waals surface area contributed by atoms with Gasteiger partial charge in [-0.15, -0.1) is 0 Å².